The quantitative estimate of drug-likeness (QED) is 0.345. The van der Waals surface area contributed by atoms with Crippen LogP contribution in [0.3, 0.4) is 0 Å². The molecule has 1 atom stereocenters. The highest BCUT2D eigenvalue weighted by atomic mass is 16.5. The summed E-state index contributed by atoms with van der Waals surface area (Å²) in [5, 5.41) is 11.0. The summed E-state index contributed by atoms with van der Waals surface area (Å²) in [6, 6.07) is 14.0. The molecule has 2 N–H and O–H groups in total. The molecule has 0 aliphatic carbocycles. The Morgan fingerprint density at radius 2 is 1.69 bits per heavy atom. The molecule has 0 fully saturated rings. The molecular weight excluding hydrogens is 500 g/mol. The van der Waals surface area contributed by atoms with Crippen molar-refractivity contribution < 1.29 is 23.7 Å². The van der Waals surface area contributed by atoms with Crippen molar-refractivity contribution in [3.05, 3.63) is 77.8 Å². The minimum Gasteiger partial charge on any atom is -0.497 e. The van der Waals surface area contributed by atoms with Gasteiger partial charge in [-0.05, 0) is 48.9 Å². The Kier molecular flexibility index (Phi) is 7.04. The maximum absolute atomic E-state index is 13.6. The van der Waals surface area contributed by atoms with Gasteiger partial charge in [-0.15, -0.1) is 5.10 Å². The van der Waals surface area contributed by atoms with Gasteiger partial charge in [-0.3, -0.25) is 9.78 Å². The molecule has 39 heavy (non-hydrogen) atoms. The molecule has 2 aromatic carbocycles. The van der Waals surface area contributed by atoms with Gasteiger partial charge in [0.25, 0.3) is 5.91 Å². The highest BCUT2D eigenvalue weighted by Crippen LogP contribution is 2.42. The monoisotopic (exact) mass is 528 g/mol. The third kappa shape index (κ3) is 4.81. The molecule has 0 spiro atoms. The SMILES string of the molecule is COc1ccc(C2C(C(=O)Nc3cccnc3)=C(C)Nc3nc(-c4cc(OC)c(OC)c(OC)c4)nn32)cc1. The number of anilines is 2. The molecule has 0 saturated carbocycles. The van der Waals surface area contributed by atoms with Gasteiger partial charge in [-0.25, -0.2) is 4.68 Å². The lowest BCUT2D eigenvalue weighted by Crippen LogP contribution is -2.31. The standard InChI is InChI=1S/C28H28N6O5/c1-16-23(27(35)31-19-7-6-12-29-15-19)24(17-8-10-20(36-2)11-9-17)34-28(30-16)32-26(33-34)18-13-21(37-3)25(39-5)22(14-18)38-4/h6-15,24H,1-5H3,(H,31,35)(H,30,32,33). The first-order chi connectivity index (χ1) is 19.0. The Hall–Kier alpha value is -5.06. The lowest BCUT2D eigenvalue weighted by molar-refractivity contribution is -0.113. The van der Waals surface area contributed by atoms with Crippen LogP contribution in [-0.4, -0.2) is 54.1 Å². The Labute approximate surface area is 225 Å². The maximum Gasteiger partial charge on any atom is 0.255 e. The normalized spacial score (nSPS) is 14.2. The van der Waals surface area contributed by atoms with Crippen LogP contribution in [0.15, 0.2) is 72.2 Å². The van der Waals surface area contributed by atoms with Gasteiger partial charge in [-0.2, -0.15) is 4.98 Å². The minimum atomic E-state index is -0.577. The number of amides is 1. The van der Waals surface area contributed by atoms with Gasteiger partial charge in [-0.1, -0.05) is 12.1 Å². The largest absolute Gasteiger partial charge is 0.497 e. The van der Waals surface area contributed by atoms with Crippen molar-refractivity contribution in [3.63, 3.8) is 0 Å². The fourth-order valence-electron chi connectivity index (χ4n) is 4.51. The van der Waals surface area contributed by atoms with E-state index in [0.717, 1.165) is 5.56 Å². The molecular formula is C28H28N6O5. The van der Waals surface area contributed by atoms with Crippen molar-refractivity contribution in [3.8, 4) is 34.4 Å². The van der Waals surface area contributed by atoms with Crippen LogP contribution in [0.2, 0.25) is 0 Å². The van der Waals surface area contributed by atoms with Crippen molar-refractivity contribution in [2.75, 3.05) is 39.1 Å². The van der Waals surface area contributed by atoms with Crippen molar-refractivity contribution in [2.24, 2.45) is 0 Å². The van der Waals surface area contributed by atoms with Crippen LogP contribution >= 0.6 is 0 Å². The fourth-order valence-corrected chi connectivity index (χ4v) is 4.51. The van der Waals surface area contributed by atoms with Gasteiger partial charge >= 0.3 is 0 Å². The molecule has 0 bridgehead atoms. The number of allylic oxidation sites excluding steroid dienone is 1. The van der Waals surface area contributed by atoms with E-state index in [2.05, 4.69) is 15.6 Å². The van der Waals surface area contributed by atoms with E-state index in [1.807, 2.05) is 31.2 Å². The summed E-state index contributed by atoms with van der Waals surface area (Å²) >= 11 is 0. The van der Waals surface area contributed by atoms with Crippen LogP contribution < -0.4 is 29.6 Å². The van der Waals surface area contributed by atoms with Crippen molar-refractivity contribution in [1.82, 2.24) is 19.7 Å². The lowest BCUT2D eigenvalue weighted by atomic mass is 9.95. The Morgan fingerprint density at radius 1 is 0.974 bits per heavy atom. The molecule has 1 amide bonds. The summed E-state index contributed by atoms with van der Waals surface area (Å²) < 4.78 is 23.5. The zero-order valence-corrected chi connectivity index (χ0v) is 22.2. The average Bonchev–Trinajstić information content (AvgIpc) is 3.39. The van der Waals surface area contributed by atoms with Gasteiger partial charge < -0.3 is 29.6 Å². The summed E-state index contributed by atoms with van der Waals surface area (Å²) in [6.45, 7) is 1.84. The molecule has 1 aliphatic heterocycles. The van der Waals surface area contributed by atoms with Crippen molar-refractivity contribution in [1.29, 1.82) is 0 Å². The van der Waals surface area contributed by atoms with Crippen LogP contribution in [0.4, 0.5) is 11.6 Å². The number of fused-ring (bicyclic) bond motifs is 1. The summed E-state index contributed by atoms with van der Waals surface area (Å²) in [4.78, 5) is 22.5. The Morgan fingerprint density at radius 3 is 2.28 bits per heavy atom. The lowest BCUT2D eigenvalue weighted by Gasteiger charge is -2.28. The highest BCUT2D eigenvalue weighted by molar-refractivity contribution is 6.06. The number of methoxy groups -OCH3 is 4. The molecule has 1 unspecified atom stereocenters. The van der Waals surface area contributed by atoms with E-state index in [9.17, 15) is 4.79 Å². The van der Waals surface area contributed by atoms with Gasteiger partial charge in [0.15, 0.2) is 17.3 Å². The first kappa shape index (κ1) is 25.6. The first-order valence-electron chi connectivity index (χ1n) is 12.1. The molecule has 200 valence electrons. The molecule has 4 aromatic rings. The summed E-state index contributed by atoms with van der Waals surface area (Å²) in [6.07, 6.45) is 3.24. The number of carbonyl (C=O) groups is 1. The van der Waals surface area contributed by atoms with Crippen LogP contribution in [0.5, 0.6) is 23.0 Å². The van der Waals surface area contributed by atoms with E-state index < -0.39 is 6.04 Å². The second-order valence-corrected chi connectivity index (χ2v) is 8.65. The van der Waals surface area contributed by atoms with Gasteiger partial charge in [0, 0.05) is 17.5 Å². The number of carbonyl (C=O) groups excluding carboxylic acids is 1. The van der Waals surface area contributed by atoms with Crippen molar-refractivity contribution in [2.45, 2.75) is 13.0 Å². The zero-order valence-electron chi connectivity index (χ0n) is 22.2. The number of ether oxygens (including phenoxy) is 4. The van der Waals surface area contributed by atoms with E-state index in [4.69, 9.17) is 29.0 Å². The molecule has 1 aliphatic rings. The van der Waals surface area contributed by atoms with Crippen LogP contribution in [0.25, 0.3) is 11.4 Å². The van der Waals surface area contributed by atoms with E-state index >= 15 is 0 Å². The van der Waals surface area contributed by atoms with Crippen molar-refractivity contribution >= 4 is 17.5 Å². The molecule has 11 heteroatoms. The Balaban J connectivity index is 1.62. The number of rotatable bonds is 8. The molecule has 11 nitrogen and oxygen atoms in total. The predicted molar refractivity (Wildman–Crippen MR) is 145 cm³/mol. The number of hydrogen-bond donors (Lipinski definition) is 2. The Bertz CT molecular complexity index is 1510. The molecule has 0 saturated heterocycles. The maximum atomic E-state index is 13.6. The summed E-state index contributed by atoms with van der Waals surface area (Å²) in [5.74, 6) is 2.73. The van der Waals surface area contributed by atoms with E-state index in [0.29, 0.717) is 57.3 Å². The van der Waals surface area contributed by atoms with E-state index in [1.165, 1.54) is 0 Å². The fraction of sp³-hybridized carbons (Fsp3) is 0.214. The van der Waals surface area contributed by atoms with Gasteiger partial charge in [0.1, 0.15) is 11.8 Å². The molecule has 5 rings (SSSR count). The number of pyridine rings is 1. The molecule has 0 radical (unpaired) electrons. The average molecular weight is 529 g/mol. The topological polar surface area (TPSA) is 122 Å². The third-order valence-corrected chi connectivity index (χ3v) is 6.37. The van der Waals surface area contributed by atoms with Crippen LogP contribution in [0.1, 0.15) is 18.5 Å². The van der Waals surface area contributed by atoms with Gasteiger partial charge in [0.2, 0.25) is 11.7 Å². The zero-order chi connectivity index (χ0) is 27.5. The summed E-state index contributed by atoms with van der Waals surface area (Å²) in [5.41, 5.74) is 3.20. The first-order valence-corrected chi connectivity index (χ1v) is 12.1. The summed E-state index contributed by atoms with van der Waals surface area (Å²) in [7, 11) is 6.25. The molecule has 2 aromatic heterocycles. The molecule has 3 heterocycles. The number of hydrogen-bond acceptors (Lipinski definition) is 9. The van der Waals surface area contributed by atoms with E-state index in [-0.39, 0.29) is 5.91 Å². The third-order valence-electron chi connectivity index (χ3n) is 6.37. The van der Waals surface area contributed by atoms with Crippen LogP contribution in [0, 0.1) is 0 Å². The number of aromatic nitrogens is 4. The smallest absolute Gasteiger partial charge is 0.255 e. The van der Waals surface area contributed by atoms with Gasteiger partial charge in [0.05, 0.1) is 45.9 Å². The number of nitrogens with zero attached hydrogens (tertiary/aromatic N) is 4. The number of nitrogens with one attached hydrogen (secondary N) is 2. The highest BCUT2D eigenvalue weighted by Gasteiger charge is 2.35. The second-order valence-electron chi connectivity index (χ2n) is 8.65. The predicted octanol–water partition coefficient (Wildman–Crippen LogP) is 4.30. The minimum absolute atomic E-state index is 0.288. The van der Waals surface area contributed by atoms with E-state index in [1.54, 1.807) is 69.8 Å². The number of benzene rings is 2. The van der Waals surface area contributed by atoms with Crippen LogP contribution in [-0.2, 0) is 4.79 Å². The second kappa shape index (κ2) is 10.7.